The van der Waals surface area contributed by atoms with Crippen molar-refractivity contribution in [3.05, 3.63) is 23.6 Å². The molecule has 0 unspecified atom stereocenters. The first-order chi connectivity index (χ1) is 5.33. The monoisotopic (exact) mass is 151 g/mol. The van der Waals surface area contributed by atoms with Gasteiger partial charge in [0.2, 0.25) is 5.88 Å². The minimum Gasteiger partial charge on any atom is -0.481 e. The van der Waals surface area contributed by atoms with E-state index in [2.05, 4.69) is 11.1 Å². The molecule has 1 heterocycles. The van der Waals surface area contributed by atoms with Gasteiger partial charge in [-0.05, 0) is 31.4 Å². The van der Waals surface area contributed by atoms with Gasteiger partial charge in [0.05, 0.1) is 7.11 Å². The minimum atomic E-state index is 0.720. The van der Waals surface area contributed by atoms with Crippen molar-refractivity contribution in [1.82, 2.24) is 0 Å². The Labute approximate surface area is 67.3 Å². The summed E-state index contributed by atoms with van der Waals surface area (Å²) in [6.07, 6.45) is 8.09. The predicted octanol–water partition coefficient (Wildman–Crippen LogP) is 2.29. The first kappa shape index (κ1) is 8.05. The highest BCUT2D eigenvalue weighted by atomic mass is 16.5. The Balaban J connectivity index is 2.71. The van der Waals surface area contributed by atoms with E-state index in [4.69, 9.17) is 4.74 Å². The molecule has 60 valence electrons. The fourth-order valence-corrected chi connectivity index (χ4v) is 0.925. The molecule has 0 aromatic heterocycles. The van der Waals surface area contributed by atoms with Gasteiger partial charge in [0.1, 0.15) is 0 Å². The summed E-state index contributed by atoms with van der Waals surface area (Å²) in [7, 11) is 1.64. The maximum atomic E-state index is 5.01. The molecule has 1 aliphatic heterocycles. The molecule has 1 rings (SSSR count). The van der Waals surface area contributed by atoms with Crippen LogP contribution >= 0.6 is 0 Å². The van der Waals surface area contributed by atoms with Crippen molar-refractivity contribution in [3.8, 4) is 0 Å². The first-order valence-electron chi connectivity index (χ1n) is 3.78. The first-order valence-corrected chi connectivity index (χ1v) is 3.78. The number of hydrogen-bond acceptors (Lipinski definition) is 2. The number of ether oxygens (including phenoxy) is 1. The largest absolute Gasteiger partial charge is 0.481 e. The van der Waals surface area contributed by atoms with Gasteiger partial charge in [-0.15, -0.1) is 0 Å². The van der Waals surface area contributed by atoms with Crippen LogP contribution in [0.1, 0.15) is 19.8 Å². The van der Waals surface area contributed by atoms with E-state index < -0.39 is 0 Å². The molecule has 0 aliphatic carbocycles. The fraction of sp³-hybridized carbons (Fsp3) is 0.444. The normalized spacial score (nSPS) is 30.4. The fourth-order valence-electron chi connectivity index (χ4n) is 0.925. The highest BCUT2D eigenvalue weighted by molar-refractivity contribution is 5.78. The Morgan fingerprint density at radius 3 is 2.82 bits per heavy atom. The lowest BCUT2D eigenvalue weighted by Gasteiger charge is -2.02. The Bertz CT molecular complexity index is 214. The van der Waals surface area contributed by atoms with Gasteiger partial charge in [-0.2, -0.15) is 0 Å². The highest BCUT2D eigenvalue weighted by Crippen LogP contribution is 2.07. The van der Waals surface area contributed by atoms with Crippen LogP contribution in [-0.2, 0) is 4.74 Å². The molecule has 0 aromatic rings. The third kappa shape index (κ3) is 2.58. The number of aliphatic imine (C=N–C) groups is 1. The molecule has 0 bridgehead atoms. The molecule has 2 nitrogen and oxygen atoms in total. The average Bonchev–Trinajstić information content (AvgIpc) is 1.98. The van der Waals surface area contributed by atoms with Gasteiger partial charge < -0.3 is 4.74 Å². The topological polar surface area (TPSA) is 21.6 Å². The SMILES string of the molecule is COC1=C/CC/C=C(C)/C=N\1. The quantitative estimate of drug-likeness (QED) is 0.563. The van der Waals surface area contributed by atoms with Crippen molar-refractivity contribution in [2.45, 2.75) is 19.8 Å². The number of hydrogen-bond donors (Lipinski definition) is 0. The van der Waals surface area contributed by atoms with E-state index in [-0.39, 0.29) is 0 Å². The molecule has 0 saturated carbocycles. The molecule has 0 spiro atoms. The second-order valence-corrected chi connectivity index (χ2v) is 2.53. The smallest absolute Gasteiger partial charge is 0.208 e. The maximum Gasteiger partial charge on any atom is 0.208 e. The van der Waals surface area contributed by atoms with E-state index in [1.165, 1.54) is 5.57 Å². The van der Waals surface area contributed by atoms with Crippen molar-refractivity contribution in [2.24, 2.45) is 4.99 Å². The van der Waals surface area contributed by atoms with Crippen LogP contribution in [0.15, 0.2) is 28.6 Å². The van der Waals surface area contributed by atoms with Crippen LogP contribution in [0, 0.1) is 0 Å². The summed E-state index contributed by atoms with van der Waals surface area (Å²) in [5.74, 6) is 0.720. The number of allylic oxidation sites excluding steroid dienone is 3. The molecule has 0 fully saturated rings. The summed E-state index contributed by atoms with van der Waals surface area (Å²) in [5, 5.41) is 0. The molecule has 0 radical (unpaired) electrons. The maximum absolute atomic E-state index is 5.01. The van der Waals surface area contributed by atoms with E-state index in [0.717, 1.165) is 18.7 Å². The van der Waals surface area contributed by atoms with Crippen LogP contribution < -0.4 is 0 Å². The van der Waals surface area contributed by atoms with Gasteiger partial charge in [-0.25, -0.2) is 4.99 Å². The lowest BCUT2D eigenvalue weighted by molar-refractivity contribution is 0.287. The minimum absolute atomic E-state index is 0.720. The van der Waals surface area contributed by atoms with Crippen molar-refractivity contribution in [3.63, 3.8) is 0 Å². The van der Waals surface area contributed by atoms with Gasteiger partial charge in [0, 0.05) is 6.21 Å². The van der Waals surface area contributed by atoms with E-state index in [1.807, 2.05) is 19.2 Å². The van der Waals surface area contributed by atoms with E-state index >= 15 is 0 Å². The third-order valence-corrected chi connectivity index (χ3v) is 1.56. The zero-order chi connectivity index (χ0) is 8.10. The molecular weight excluding hydrogens is 138 g/mol. The summed E-state index contributed by atoms with van der Waals surface area (Å²) >= 11 is 0. The van der Waals surface area contributed by atoms with E-state index in [1.54, 1.807) is 7.11 Å². The summed E-state index contributed by atoms with van der Waals surface area (Å²) in [6, 6.07) is 0. The molecule has 2 heteroatoms. The van der Waals surface area contributed by atoms with Crippen molar-refractivity contribution in [2.75, 3.05) is 7.11 Å². The van der Waals surface area contributed by atoms with Crippen LogP contribution in [0.3, 0.4) is 0 Å². The van der Waals surface area contributed by atoms with Crippen LogP contribution in [-0.4, -0.2) is 13.3 Å². The van der Waals surface area contributed by atoms with Gasteiger partial charge in [-0.1, -0.05) is 6.08 Å². The van der Waals surface area contributed by atoms with Crippen molar-refractivity contribution < 1.29 is 4.74 Å². The standard InChI is InChI=1S/C9H13NO/c1-8-5-3-4-6-9(11-2)10-7-8/h5-7H,3-4H2,1-2H3/b8-5+,9-6+,10-7-. The second-order valence-electron chi connectivity index (χ2n) is 2.53. The van der Waals surface area contributed by atoms with Crippen LogP contribution in [0.5, 0.6) is 0 Å². The zero-order valence-electron chi connectivity index (χ0n) is 7.00. The van der Waals surface area contributed by atoms with Gasteiger partial charge in [0.25, 0.3) is 0 Å². The van der Waals surface area contributed by atoms with Crippen molar-refractivity contribution in [1.29, 1.82) is 0 Å². The van der Waals surface area contributed by atoms with Crippen LogP contribution in [0.2, 0.25) is 0 Å². The number of rotatable bonds is 1. The predicted molar refractivity (Wildman–Crippen MR) is 46.6 cm³/mol. The van der Waals surface area contributed by atoms with Gasteiger partial charge in [0.15, 0.2) is 0 Å². The lowest BCUT2D eigenvalue weighted by atomic mass is 10.2. The van der Waals surface area contributed by atoms with Crippen molar-refractivity contribution >= 4 is 6.21 Å². The summed E-state index contributed by atoms with van der Waals surface area (Å²) in [6.45, 7) is 2.04. The summed E-state index contributed by atoms with van der Waals surface area (Å²) < 4.78 is 5.01. The molecule has 11 heavy (non-hydrogen) atoms. The van der Waals surface area contributed by atoms with E-state index in [9.17, 15) is 0 Å². The molecule has 0 amide bonds. The molecule has 0 aromatic carbocycles. The lowest BCUT2D eigenvalue weighted by Crippen LogP contribution is -1.88. The molecule has 1 aliphatic rings. The van der Waals surface area contributed by atoms with Gasteiger partial charge in [-0.3, -0.25) is 0 Å². The Kier molecular flexibility index (Phi) is 2.90. The van der Waals surface area contributed by atoms with E-state index in [0.29, 0.717) is 0 Å². The summed E-state index contributed by atoms with van der Waals surface area (Å²) in [4.78, 5) is 4.13. The summed E-state index contributed by atoms with van der Waals surface area (Å²) in [5.41, 5.74) is 1.20. The van der Waals surface area contributed by atoms with Crippen LogP contribution in [0.25, 0.3) is 0 Å². The Morgan fingerprint density at radius 1 is 1.36 bits per heavy atom. The van der Waals surface area contributed by atoms with Gasteiger partial charge >= 0.3 is 0 Å². The Hall–Kier alpha value is -1.05. The zero-order valence-corrected chi connectivity index (χ0v) is 7.00. The Morgan fingerprint density at radius 2 is 2.09 bits per heavy atom. The van der Waals surface area contributed by atoms with Crippen LogP contribution in [0.4, 0.5) is 0 Å². The molecule has 0 saturated heterocycles. The average molecular weight is 151 g/mol. The highest BCUT2D eigenvalue weighted by Gasteiger charge is 1.93. The molecule has 0 atom stereocenters. The molecular formula is C9H13NO. The molecule has 0 N–H and O–H groups in total. The third-order valence-electron chi connectivity index (χ3n) is 1.56. The number of methoxy groups -OCH3 is 1. The number of nitrogens with zero attached hydrogens (tertiary/aromatic N) is 1. The second kappa shape index (κ2) is 3.96.